The Hall–Kier alpha value is -2.86. The number of nitro benzene ring substituents is 1. The molecule has 0 aliphatic heterocycles. The van der Waals surface area contributed by atoms with E-state index in [1.807, 2.05) is 0 Å². The number of carbonyl (C=O) groups is 2. The highest BCUT2D eigenvalue weighted by Crippen LogP contribution is 2.32. The topological polar surface area (TPSA) is 109 Å². The summed E-state index contributed by atoms with van der Waals surface area (Å²) in [4.78, 5) is 34.9. The fourth-order valence-corrected chi connectivity index (χ4v) is 2.28. The van der Waals surface area contributed by atoms with Gasteiger partial charge in [0.2, 0.25) is 5.78 Å². The van der Waals surface area contributed by atoms with Gasteiger partial charge in [-0.2, -0.15) is 0 Å². The lowest BCUT2D eigenvalue weighted by molar-refractivity contribution is -0.385. The molecule has 1 aliphatic rings. The molecule has 3 rings (SSSR count). The molecule has 0 saturated heterocycles. The predicted octanol–water partition coefficient (Wildman–Crippen LogP) is 1.55. The SMILES string of the molecule is O.O=C1c2ccccc2C(=O)c2c1cccc2[N+](=O)[O-]. The first-order valence-electron chi connectivity index (χ1n) is 5.57. The Balaban J connectivity index is 0.00000147. The number of fused-ring (bicyclic) bond motifs is 2. The van der Waals surface area contributed by atoms with Crippen LogP contribution in [0.25, 0.3) is 0 Å². The monoisotopic (exact) mass is 271 g/mol. The van der Waals surface area contributed by atoms with Crippen molar-refractivity contribution in [3.05, 3.63) is 74.8 Å². The molecule has 0 bridgehead atoms. The number of carbonyl (C=O) groups excluding carboxylic acids is 2. The summed E-state index contributed by atoms with van der Waals surface area (Å²) in [5.41, 5.74) is 0.161. The lowest BCUT2D eigenvalue weighted by atomic mass is 9.83. The van der Waals surface area contributed by atoms with Crippen molar-refractivity contribution >= 4 is 17.3 Å². The quantitative estimate of drug-likeness (QED) is 0.494. The van der Waals surface area contributed by atoms with Crippen LogP contribution in [0, 0.1) is 10.1 Å². The molecular formula is C14H9NO5. The van der Waals surface area contributed by atoms with Gasteiger partial charge in [0.25, 0.3) is 5.69 Å². The third-order valence-electron chi connectivity index (χ3n) is 3.13. The van der Waals surface area contributed by atoms with Crippen LogP contribution in [0.4, 0.5) is 5.69 Å². The molecule has 0 radical (unpaired) electrons. The van der Waals surface area contributed by atoms with Gasteiger partial charge in [0.15, 0.2) is 5.78 Å². The van der Waals surface area contributed by atoms with Gasteiger partial charge in [-0.3, -0.25) is 19.7 Å². The van der Waals surface area contributed by atoms with Crippen molar-refractivity contribution in [1.82, 2.24) is 0 Å². The van der Waals surface area contributed by atoms with Crippen LogP contribution in [0.15, 0.2) is 42.5 Å². The highest BCUT2D eigenvalue weighted by Gasteiger charge is 2.34. The molecule has 0 heterocycles. The second-order valence-electron chi connectivity index (χ2n) is 4.16. The van der Waals surface area contributed by atoms with Gasteiger partial charge >= 0.3 is 0 Å². The number of benzene rings is 2. The largest absolute Gasteiger partial charge is 0.412 e. The summed E-state index contributed by atoms with van der Waals surface area (Å²) in [5.74, 6) is -0.827. The van der Waals surface area contributed by atoms with E-state index in [1.165, 1.54) is 24.3 Å². The molecule has 2 aromatic carbocycles. The smallest absolute Gasteiger partial charge is 0.281 e. The zero-order valence-electron chi connectivity index (χ0n) is 10.1. The zero-order chi connectivity index (χ0) is 13.6. The summed E-state index contributed by atoms with van der Waals surface area (Å²) in [7, 11) is 0. The second kappa shape index (κ2) is 4.67. The van der Waals surface area contributed by atoms with Gasteiger partial charge < -0.3 is 5.48 Å². The predicted molar refractivity (Wildman–Crippen MR) is 70.0 cm³/mol. The van der Waals surface area contributed by atoms with E-state index >= 15 is 0 Å². The Morgan fingerprint density at radius 1 is 0.800 bits per heavy atom. The summed E-state index contributed by atoms with van der Waals surface area (Å²) in [6, 6.07) is 10.4. The molecule has 1 aliphatic carbocycles. The van der Waals surface area contributed by atoms with E-state index < -0.39 is 10.7 Å². The number of nitro groups is 1. The van der Waals surface area contributed by atoms with Crippen molar-refractivity contribution in [3.8, 4) is 0 Å². The maximum atomic E-state index is 12.3. The van der Waals surface area contributed by atoms with E-state index in [9.17, 15) is 19.7 Å². The molecule has 2 aromatic rings. The number of ketones is 2. The minimum atomic E-state index is -0.641. The van der Waals surface area contributed by atoms with Crippen LogP contribution in [0.5, 0.6) is 0 Å². The van der Waals surface area contributed by atoms with Gasteiger partial charge in [0, 0.05) is 22.8 Å². The van der Waals surface area contributed by atoms with E-state index in [4.69, 9.17) is 0 Å². The first-order chi connectivity index (χ1) is 9.11. The fraction of sp³-hybridized carbons (Fsp3) is 0. The Kier molecular flexibility index (Phi) is 3.17. The Labute approximate surface area is 113 Å². The molecule has 6 nitrogen and oxygen atoms in total. The van der Waals surface area contributed by atoms with Gasteiger partial charge in [-0.05, 0) is 6.07 Å². The molecule has 0 spiro atoms. The van der Waals surface area contributed by atoms with Crippen molar-refractivity contribution in [2.75, 3.05) is 0 Å². The standard InChI is InChI=1S/C14H7NO4.H2O/c16-13-8-4-1-2-5-9(8)14(17)12-10(13)6-3-7-11(12)15(18)19;/h1-7H;1H2. The van der Waals surface area contributed by atoms with Crippen molar-refractivity contribution < 1.29 is 20.0 Å². The second-order valence-corrected chi connectivity index (χ2v) is 4.16. The molecule has 0 amide bonds. The van der Waals surface area contributed by atoms with Crippen molar-refractivity contribution in [2.45, 2.75) is 0 Å². The molecule has 100 valence electrons. The van der Waals surface area contributed by atoms with Crippen LogP contribution in [-0.2, 0) is 0 Å². The molecular weight excluding hydrogens is 262 g/mol. The van der Waals surface area contributed by atoms with Crippen molar-refractivity contribution in [1.29, 1.82) is 0 Å². The zero-order valence-corrected chi connectivity index (χ0v) is 10.1. The first-order valence-corrected chi connectivity index (χ1v) is 5.57. The van der Waals surface area contributed by atoms with Crippen LogP contribution in [0.2, 0.25) is 0 Å². The number of nitrogens with zero attached hydrogens (tertiary/aromatic N) is 1. The Morgan fingerprint density at radius 3 is 1.95 bits per heavy atom. The average Bonchev–Trinajstić information content (AvgIpc) is 2.44. The third kappa shape index (κ3) is 1.70. The summed E-state index contributed by atoms with van der Waals surface area (Å²) < 4.78 is 0. The van der Waals surface area contributed by atoms with Crippen LogP contribution < -0.4 is 0 Å². The van der Waals surface area contributed by atoms with E-state index in [-0.39, 0.29) is 33.6 Å². The Bertz CT molecular complexity index is 751. The molecule has 20 heavy (non-hydrogen) atoms. The average molecular weight is 271 g/mol. The lowest BCUT2D eigenvalue weighted by Crippen LogP contribution is -2.21. The van der Waals surface area contributed by atoms with Crippen LogP contribution in [-0.4, -0.2) is 22.0 Å². The van der Waals surface area contributed by atoms with Crippen molar-refractivity contribution in [2.24, 2.45) is 0 Å². The maximum Gasteiger partial charge on any atom is 0.281 e. The molecule has 0 saturated carbocycles. The lowest BCUT2D eigenvalue weighted by Gasteiger charge is -2.16. The molecule has 6 heteroatoms. The molecule has 0 unspecified atom stereocenters. The number of hydrogen-bond acceptors (Lipinski definition) is 4. The molecule has 0 atom stereocenters. The van der Waals surface area contributed by atoms with Gasteiger partial charge in [-0.15, -0.1) is 0 Å². The Morgan fingerprint density at radius 2 is 1.35 bits per heavy atom. The summed E-state index contributed by atoms with van der Waals surface area (Å²) >= 11 is 0. The fourth-order valence-electron chi connectivity index (χ4n) is 2.28. The minimum absolute atomic E-state index is 0. The van der Waals surface area contributed by atoms with E-state index in [0.717, 1.165) is 0 Å². The van der Waals surface area contributed by atoms with Gasteiger partial charge in [-0.25, -0.2) is 0 Å². The maximum absolute atomic E-state index is 12.3. The van der Waals surface area contributed by atoms with Gasteiger partial charge in [-0.1, -0.05) is 30.3 Å². The van der Waals surface area contributed by atoms with E-state index in [1.54, 1.807) is 18.2 Å². The van der Waals surface area contributed by atoms with Gasteiger partial charge in [0.1, 0.15) is 5.56 Å². The van der Waals surface area contributed by atoms with E-state index in [0.29, 0.717) is 5.56 Å². The molecule has 0 fully saturated rings. The highest BCUT2D eigenvalue weighted by molar-refractivity contribution is 6.29. The number of rotatable bonds is 1. The summed E-state index contributed by atoms with van der Waals surface area (Å²) in [5, 5.41) is 11.0. The summed E-state index contributed by atoms with van der Waals surface area (Å²) in [6.07, 6.45) is 0. The number of hydrogen-bond donors (Lipinski definition) is 0. The van der Waals surface area contributed by atoms with Crippen LogP contribution >= 0.6 is 0 Å². The summed E-state index contributed by atoms with van der Waals surface area (Å²) in [6.45, 7) is 0. The van der Waals surface area contributed by atoms with E-state index in [2.05, 4.69) is 0 Å². The highest BCUT2D eigenvalue weighted by atomic mass is 16.6. The normalized spacial score (nSPS) is 12.2. The van der Waals surface area contributed by atoms with Crippen LogP contribution in [0.3, 0.4) is 0 Å². The third-order valence-corrected chi connectivity index (χ3v) is 3.13. The van der Waals surface area contributed by atoms with Crippen molar-refractivity contribution in [3.63, 3.8) is 0 Å². The minimum Gasteiger partial charge on any atom is -0.412 e. The van der Waals surface area contributed by atoms with Gasteiger partial charge in [0.05, 0.1) is 4.92 Å². The molecule has 0 aromatic heterocycles. The molecule has 2 N–H and O–H groups in total. The van der Waals surface area contributed by atoms with Crippen LogP contribution in [0.1, 0.15) is 31.8 Å². The first kappa shape index (κ1) is 13.6.